The second-order valence-electron chi connectivity index (χ2n) is 5.20. The molecule has 2 rings (SSSR count). The van der Waals surface area contributed by atoms with E-state index < -0.39 is 0 Å². The Morgan fingerprint density at radius 1 is 1.37 bits per heavy atom. The molecular formula is C15H22Cl2N2. The lowest BCUT2D eigenvalue weighted by molar-refractivity contribution is 0.0983. The number of benzene rings is 1. The highest BCUT2D eigenvalue weighted by Gasteiger charge is 2.32. The third-order valence-electron chi connectivity index (χ3n) is 4.01. The lowest BCUT2D eigenvalue weighted by Crippen LogP contribution is -2.42. The third-order valence-corrected chi connectivity index (χ3v) is 4.58. The van der Waals surface area contributed by atoms with Crippen LogP contribution in [0.2, 0.25) is 10.0 Å². The van der Waals surface area contributed by atoms with Gasteiger partial charge in [-0.05, 0) is 63.1 Å². The first kappa shape index (κ1) is 15.1. The molecular weight excluding hydrogens is 279 g/mol. The molecule has 1 aliphatic heterocycles. The molecule has 0 aliphatic carbocycles. The Balaban J connectivity index is 2.33. The number of nitrogens with one attached hydrogen (secondary N) is 1. The van der Waals surface area contributed by atoms with Gasteiger partial charge in [0, 0.05) is 16.1 Å². The van der Waals surface area contributed by atoms with E-state index in [4.69, 9.17) is 23.2 Å². The summed E-state index contributed by atoms with van der Waals surface area (Å²) >= 11 is 12.4. The Bertz CT molecular complexity index is 421. The Morgan fingerprint density at radius 3 is 2.79 bits per heavy atom. The van der Waals surface area contributed by atoms with Crippen molar-refractivity contribution in [2.45, 2.75) is 25.8 Å². The average Bonchev–Trinajstić information content (AvgIpc) is 2.39. The lowest BCUT2D eigenvalue weighted by atomic mass is 9.84. The van der Waals surface area contributed by atoms with Gasteiger partial charge in [0.15, 0.2) is 0 Å². The van der Waals surface area contributed by atoms with Crippen LogP contribution < -0.4 is 5.32 Å². The normalized spacial score (nSPS) is 24.6. The summed E-state index contributed by atoms with van der Waals surface area (Å²) in [5.74, 6) is 0.609. The van der Waals surface area contributed by atoms with E-state index in [-0.39, 0.29) is 0 Å². The van der Waals surface area contributed by atoms with Crippen LogP contribution in [0.25, 0.3) is 0 Å². The number of halogens is 2. The Hall–Kier alpha value is -0.280. The van der Waals surface area contributed by atoms with E-state index in [9.17, 15) is 0 Å². The zero-order valence-corrected chi connectivity index (χ0v) is 13.1. The molecule has 1 heterocycles. The molecule has 1 aromatic rings. The fraction of sp³-hybridized carbons (Fsp3) is 0.600. The lowest BCUT2D eigenvalue weighted by Gasteiger charge is -2.41. The Kier molecular flexibility index (Phi) is 5.52. The van der Waals surface area contributed by atoms with Crippen molar-refractivity contribution >= 4 is 23.2 Å². The van der Waals surface area contributed by atoms with E-state index in [2.05, 4.69) is 23.2 Å². The predicted molar refractivity (Wildman–Crippen MR) is 83.1 cm³/mol. The van der Waals surface area contributed by atoms with Crippen LogP contribution in [0.15, 0.2) is 18.2 Å². The molecule has 1 N–H and O–H groups in total. The SMILES string of the molecule is CCN1CCCC(CNC)C1c1ccc(Cl)cc1Cl. The van der Waals surface area contributed by atoms with Crippen molar-refractivity contribution in [3.63, 3.8) is 0 Å². The monoisotopic (exact) mass is 300 g/mol. The molecule has 19 heavy (non-hydrogen) atoms. The minimum atomic E-state index is 0.399. The zero-order chi connectivity index (χ0) is 13.8. The number of piperidine rings is 1. The van der Waals surface area contributed by atoms with Gasteiger partial charge in [-0.3, -0.25) is 4.90 Å². The second kappa shape index (κ2) is 6.94. The molecule has 2 unspecified atom stereocenters. The van der Waals surface area contributed by atoms with Crippen molar-refractivity contribution in [3.8, 4) is 0 Å². The highest BCUT2D eigenvalue weighted by molar-refractivity contribution is 6.35. The summed E-state index contributed by atoms with van der Waals surface area (Å²) in [5, 5.41) is 4.81. The van der Waals surface area contributed by atoms with Crippen LogP contribution in [0.1, 0.15) is 31.4 Å². The van der Waals surface area contributed by atoms with Gasteiger partial charge in [0.1, 0.15) is 0 Å². The van der Waals surface area contributed by atoms with Gasteiger partial charge in [0.25, 0.3) is 0 Å². The van der Waals surface area contributed by atoms with E-state index in [1.165, 1.54) is 18.4 Å². The van der Waals surface area contributed by atoms with Crippen molar-refractivity contribution in [2.24, 2.45) is 5.92 Å². The van der Waals surface area contributed by atoms with Crippen LogP contribution in [-0.2, 0) is 0 Å². The molecule has 0 saturated carbocycles. The van der Waals surface area contributed by atoms with Gasteiger partial charge in [0.05, 0.1) is 0 Å². The van der Waals surface area contributed by atoms with Crippen LogP contribution in [0, 0.1) is 5.92 Å². The number of likely N-dealkylation sites (tertiary alicyclic amines) is 1. The quantitative estimate of drug-likeness (QED) is 0.904. The van der Waals surface area contributed by atoms with Gasteiger partial charge in [-0.1, -0.05) is 36.2 Å². The van der Waals surface area contributed by atoms with Crippen molar-refractivity contribution in [1.29, 1.82) is 0 Å². The van der Waals surface area contributed by atoms with Crippen molar-refractivity contribution in [3.05, 3.63) is 33.8 Å². The maximum Gasteiger partial charge on any atom is 0.0468 e. The average molecular weight is 301 g/mol. The molecule has 106 valence electrons. The number of hydrogen-bond donors (Lipinski definition) is 1. The Labute approximate surface area is 126 Å². The van der Waals surface area contributed by atoms with Crippen LogP contribution in [0.3, 0.4) is 0 Å². The summed E-state index contributed by atoms with van der Waals surface area (Å²) in [6.45, 7) is 5.46. The van der Waals surface area contributed by atoms with Gasteiger partial charge < -0.3 is 5.32 Å². The third kappa shape index (κ3) is 3.43. The van der Waals surface area contributed by atoms with Gasteiger partial charge in [-0.25, -0.2) is 0 Å². The summed E-state index contributed by atoms with van der Waals surface area (Å²) in [7, 11) is 2.02. The first-order valence-corrected chi connectivity index (χ1v) is 7.76. The minimum absolute atomic E-state index is 0.399. The molecule has 0 aromatic heterocycles. The number of hydrogen-bond acceptors (Lipinski definition) is 2. The fourth-order valence-corrected chi connectivity index (χ4v) is 3.69. The highest BCUT2D eigenvalue weighted by Crippen LogP contribution is 2.39. The fourth-order valence-electron chi connectivity index (χ4n) is 3.17. The molecule has 1 aromatic carbocycles. The Morgan fingerprint density at radius 2 is 2.16 bits per heavy atom. The molecule has 4 heteroatoms. The first-order chi connectivity index (χ1) is 9.17. The van der Waals surface area contributed by atoms with E-state index >= 15 is 0 Å². The summed E-state index contributed by atoms with van der Waals surface area (Å²) in [6.07, 6.45) is 2.52. The van der Waals surface area contributed by atoms with Crippen LogP contribution >= 0.6 is 23.2 Å². The van der Waals surface area contributed by atoms with Crippen LogP contribution in [-0.4, -0.2) is 31.6 Å². The number of rotatable bonds is 4. The van der Waals surface area contributed by atoms with Gasteiger partial charge in [0.2, 0.25) is 0 Å². The predicted octanol–water partition coefficient (Wildman–Crippen LogP) is 3.99. The summed E-state index contributed by atoms with van der Waals surface area (Å²) in [6, 6.07) is 6.29. The van der Waals surface area contributed by atoms with Gasteiger partial charge in [-0.2, -0.15) is 0 Å². The standard InChI is InChI=1S/C15H22Cl2N2/c1-3-19-8-4-5-11(10-18-2)15(19)13-7-6-12(16)9-14(13)17/h6-7,9,11,15,18H,3-5,8,10H2,1-2H3. The molecule has 1 saturated heterocycles. The zero-order valence-electron chi connectivity index (χ0n) is 11.6. The molecule has 0 amide bonds. The topological polar surface area (TPSA) is 15.3 Å². The maximum absolute atomic E-state index is 6.42. The summed E-state index contributed by atoms with van der Waals surface area (Å²) in [5.41, 5.74) is 1.22. The molecule has 1 fully saturated rings. The van der Waals surface area contributed by atoms with Crippen LogP contribution in [0.5, 0.6) is 0 Å². The molecule has 0 spiro atoms. The van der Waals surface area contributed by atoms with Crippen molar-refractivity contribution < 1.29 is 0 Å². The van der Waals surface area contributed by atoms with Gasteiger partial charge >= 0.3 is 0 Å². The van der Waals surface area contributed by atoms with E-state index in [0.29, 0.717) is 17.0 Å². The van der Waals surface area contributed by atoms with Crippen molar-refractivity contribution in [1.82, 2.24) is 10.2 Å². The minimum Gasteiger partial charge on any atom is -0.319 e. The van der Waals surface area contributed by atoms with E-state index in [1.54, 1.807) is 0 Å². The molecule has 2 atom stereocenters. The molecule has 0 radical (unpaired) electrons. The summed E-state index contributed by atoms with van der Waals surface area (Å²) < 4.78 is 0. The van der Waals surface area contributed by atoms with E-state index in [0.717, 1.165) is 24.7 Å². The maximum atomic E-state index is 6.42. The first-order valence-electron chi connectivity index (χ1n) is 7.01. The highest BCUT2D eigenvalue weighted by atomic mass is 35.5. The van der Waals surface area contributed by atoms with Gasteiger partial charge in [-0.15, -0.1) is 0 Å². The smallest absolute Gasteiger partial charge is 0.0468 e. The summed E-state index contributed by atoms with van der Waals surface area (Å²) in [4.78, 5) is 2.53. The van der Waals surface area contributed by atoms with Crippen LogP contribution in [0.4, 0.5) is 0 Å². The van der Waals surface area contributed by atoms with E-state index in [1.807, 2.05) is 19.2 Å². The molecule has 2 nitrogen and oxygen atoms in total. The van der Waals surface area contributed by atoms with Crippen molar-refractivity contribution in [2.75, 3.05) is 26.7 Å². The second-order valence-corrected chi connectivity index (χ2v) is 6.04. The largest absolute Gasteiger partial charge is 0.319 e. The molecule has 0 bridgehead atoms. The molecule has 1 aliphatic rings. The number of nitrogens with zero attached hydrogens (tertiary/aromatic N) is 1.